The second kappa shape index (κ2) is 7.95. The Morgan fingerprint density at radius 3 is 2.69 bits per heavy atom. The number of hydrogen-bond acceptors (Lipinski definition) is 5. The first-order valence-electron chi connectivity index (χ1n) is 8.98. The molecule has 0 aliphatic rings. The predicted octanol–water partition coefficient (Wildman–Crippen LogP) is 3.31. The third kappa shape index (κ3) is 4.09. The lowest BCUT2D eigenvalue weighted by atomic mass is 10.1. The molecule has 0 aliphatic heterocycles. The van der Waals surface area contributed by atoms with Crippen molar-refractivity contribution in [3.8, 4) is 0 Å². The Morgan fingerprint density at radius 1 is 1.23 bits per heavy atom. The fourth-order valence-corrected chi connectivity index (χ4v) is 3.74. The van der Waals surface area contributed by atoms with Crippen molar-refractivity contribution >= 4 is 28.3 Å². The fourth-order valence-electron chi connectivity index (χ4n) is 3.03. The van der Waals surface area contributed by atoms with Gasteiger partial charge in [-0.15, -0.1) is 21.5 Å². The van der Waals surface area contributed by atoms with E-state index in [0.717, 1.165) is 33.3 Å². The van der Waals surface area contributed by atoms with Crippen molar-refractivity contribution in [2.24, 2.45) is 5.92 Å². The highest BCUT2D eigenvalue weighted by atomic mass is 32.1. The third-order valence-corrected chi connectivity index (χ3v) is 5.13. The van der Waals surface area contributed by atoms with Crippen molar-refractivity contribution in [2.45, 2.75) is 46.6 Å². The van der Waals surface area contributed by atoms with Gasteiger partial charge in [0.05, 0.1) is 11.0 Å². The summed E-state index contributed by atoms with van der Waals surface area (Å²) in [6.07, 6.45) is 1.55. The Morgan fingerprint density at radius 2 is 2.00 bits per heavy atom. The van der Waals surface area contributed by atoms with Crippen LogP contribution in [0.25, 0.3) is 11.0 Å². The highest BCUT2D eigenvalue weighted by molar-refractivity contribution is 7.11. The molecule has 0 fully saturated rings. The molecular formula is C19H25N5OS. The largest absolute Gasteiger partial charge is 0.354 e. The number of amides is 1. The molecule has 3 rings (SSSR count). The van der Waals surface area contributed by atoms with E-state index in [0.29, 0.717) is 18.9 Å². The molecule has 138 valence electrons. The Labute approximate surface area is 157 Å². The molecule has 1 N–H and O–H groups in total. The van der Waals surface area contributed by atoms with Gasteiger partial charge in [-0.2, -0.15) is 0 Å². The van der Waals surface area contributed by atoms with Crippen molar-refractivity contribution in [3.05, 3.63) is 40.1 Å². The highest BCUT2D eigenvalue weighted by Crippen LogP contribution is 2.23. The van der Waals surface area contributed by atoms with Gasteiger partial charge in [-0.25, -0.2) is 4.98 Å². The Balaban J connectivity index is 1.75. The Kier molecular flexibility index (Phi) is 5.66. The number of carbonyl (C=O) groups excluding carboxylic acids is 1. The highest BCUT2D eigenvalue weighted by Gasteiger charge is 2.21. The van der Waals surface area contributed by atoms with Crippen LogP contribution in [-0.4, -0.2) is 32.2 Å². The van der Waals surface area contributed by atoms with E-state index in [1.54, 1.807) is 11.3 Å². The average Bonchev–Trinajstić information content (AvgIpc) is 3.16. The van der Waals surface area contributed by atoms with Crippen LogP contribution in [0.1, 0.15) is 42.7 Å². The van der Waals surface area contributed by atoms with Gasteiger partial charge in [0.25, 0.3) is 0 Å². The maximum absolute atomic E-state index is 12.7. The summed E-state index contributed by atoms with van der Waals surface area (Å²) in [6, 6.07) is 7.68. The maximum Gasteiger partial charge on any atom is 0.242 e. The lowest BCUT2D eigenvalue weighted by Gasteiger charge is -2.18. The molecule has 0 radical (unpaired) electrons. The first kappa shape index (κ1) is 18.5. The summed E-state index contributed by atoms with van der Waals surface area (Å²) in [7, 11) is 0. The molecule has 0 saturated heterocycles. The van der Waals surface area contributed by atoms with Crippen molar-refractivity contribution in [1.82, 2.24) is 25.1 Å². The van der Waals surface area contributed by atoms with Crippen LogP contribution in [0, 0.1) is 12.8 Å². The van der Waals surface area contributed by atoms with Crippen LogP contribution in [0.15, 0.2) is 24.3 Å². The van der Waals surface area contributed by atoms with E-state index in [9.17, 15) is 4.79 Å². The van der Waals surface area contributed by atoms with E-state index in [-0.39, 0.29) is 11.9 Å². The molecule has 0 spiro atoms. The molecule has 7 heteroatoms. The van der Waals surface area contributed by atoms with E-state index < -0.39 is 0 Å². The lowest BCUT2D eigenvalue weighted by Crippen LogP contribution is -2.33. The molecule has 0 aliphatic carbocycles. The topological polar surface area (TPSA) is 72.7 Å². The number of nitrogens with zero attached hydrogens (tertiary/aromatic N) is 4. The molecule has 26 heavy (non-hydrogen) atoms. The number of carbonyl (C=O) groups is 1. The van der Waals surface area contributed by atoms with Crippen LogP contribution in [0.4, 0.5) is 0 Å². The lowest BCUT2D eigenvalue weighted by molar-refractivity contribution is -0.123. The zero-order valence-corrected chi connectivity index (χ0v) is 16.5. The summed E-state index contributed by atoms with van der Waals surface area (Å²) in [6.45, 7) is 8.76. The summed E-state index contributed by atoms with van der Waals surface area (Å²) in [4.78, 5) is 17.5. The smallest absolute Gasteiger partial charge is 0.242 e. The second-order valence-corrected chi connectivity index (χ2v) is 8.18. The van der Waals surface area contributed by atoms with Gasteiger partial charge in [0.1, 0.15) is 21.9 Å². The Hall–Kier alpha value is -2.28. The maximum atomic E-state index is 12.7. The van der Waals surface area contributed by atoms with E-state index in [2.05, 4.69) is 33.9 Å². The van der Waals surface area contributed by atoms with E-state index in [1.165, 1.54) is 0 Å². The quantitative estimate of drug-likeness (QED) is 0.691. The van der Waals surface area contributed by atoms with Gasteiger partial charge in [-0.1, -0.05) is 26.0 Å². The van der Waals surface area contributed by atoms with Gasteiger partial charge in [0.15, 0.2) is 0 Å². The molecule has 3 aromatic rings. The van der Waals surface area contributed by atoms with Gasteiger partial charge >= 0.3 is 0 Å². The van der Waals surface area contributed by atoms with Crippen LogP contribution in [-0.2, 0) is 17.6 Å². The molecule has 0 bridgehead atoms. The molecule has 0 saturated carbocycles. The van der Waals surface area contributed by atoms with Gasteiger partial charge in [0, 0.05) is 19.4 Å². The van der Waals surface area contributed by atoms with Crippen molar-refractivity contribution in [1.29, 1.82) is 0 Å². The van der Waals surface area contributed by atoms with E-state index in [1.807, 2.05) is 38.1 Å². The molecule has 1 atom stereocenters. The number of benzene rings is 1. The van der Waals surface area contributed by atoms with E-state index >= 15 is 0 Å². The number of hydrogen-bond donors (Lipinski definition) is 1. The van der Waals surface area contributed by atoms with Crippen LogP contribution in [0.3, 0.4) is 0 Å². The van der Waals surface area contributed by atoms with Crippen LogP contribution in [0.5, 0.6) is 0 Å². The zero-order valence-electron chi connectivity index (χ0n) is 15.7. The summed E-state index contributed by atoms with van der Waals surface area (Å²) in [5.74, 6) is 1.43. The molecule has 2 heterocycles. The number of aryl methyl sites for hydroxylation is 1. The predicted molar refractivity (Wildman–Crippen MR) is 104 cm³/mol. The summed E-state index contributed by atoms with van der Waals surface area (Å²) >= 11 is 1.57. The molecule has 1 unspecified atom stereocenters. The standard InChI is InChI=1S/C19H25N5OS/c1-12(2)11-17-21-15-7-5-6-8-16(15)24(17)13(3)19(25)20-10-9-18-23-22-14(4)26-18/h5-8,12-13H,9-11H2,1-4H3,(H,20,25). The monoisotopic (exact) mass is 371 g/mol. The minimum Gasteiger partial charge on any atom is -0.354 e. The van der Waals surface area contributed by atoms with Gasteiger partial charge in [-0.3, -0.25) is 4.79 Å². The molecule has 1 aromatic carbocycles. The molecular weight excluding hydrogens is 346 g/mol. The van der Waals surface area contributed by atoms with Crippen LogP contribution < -0.4 is 5.32 Å². The zero-order chi connectivity index (χ0) is 18.7. The average molecular weight is 372 g/mol. The van der Waals surface area contributed by atoms with Gasteiger partial charge < -0.3 is 9.88 Å². The van der Waals surface area contributed by atoms with Crippen LogP contribution in [0.2, 0.25) is 0 Å². The summed E-state index contributed by atoms with van der Waals surface area (Å²) in [5.41, 5.74) is 1.94. The normalized spacial score (nSPS) is 12.7. The molecule has 1 amide bonds. The number of nitrogens with one attached hydrogen (secondary N) is 1. The first-order valence-corrected chi connectivity index (χ1v) is 9.80. The number of para-hydroxylation sites is 2. The van der Waals surface area contributed by atoms with Gasteiger partial charge in [0.2, 0.25) is 5.91 Å². The number of fused-ring (bicyclic) bond motifs is 1. The van der Waals surface area contributed by atoms with Gasteiger partial charge in [-0.05, 0) is 31.9 Å². The number of aromatic nitrogens is 4. The third-order valence-electron chi connectivity index (χ3n) is 4.23. The second-order valence-electron chi connectivity index (χ2n) is 6.92. The minimum atomic E-state index is -0.313. The SMILES string of the molecule is Cc1nnc(CCNC(=O)C(C)n2c(CC(C)C)nc3ccccc32)s1. The molecule has 6 nitrogen and oxygen atoms in total. The Bertz CT molecular complexity index is 898. The minimum absolute atomic E-state index is 0.000559. The first-order chi connectivity index (χ1) is 12.5. The summed E-state index contributed by atoms with van der Waals surface area (Å²) < 4.78 is 2.07. The molecule has 2 aromatic heterocycles. The van der Waals surface area contributed by atoms with Crippen LogP contribution >= 0.6 is 11.3 Å². The van der Waals surface area contributed by atoms with Crippen molar-refractivity contribution < 1.29 is 4.79 Å². The van der Waals surface area contributed by atoms with Crippen molar-refractivity contribution in [3.63, 3.8) is 0 Å². The number of imidazole rings is 1. The summed E-state index contributed by atoms with van der Waals surface area (Å²) in [5, 5.41) is 13.0. The number of rotatable bonds is 7. The van der Waals surface area contributed by atoms with Crippen molar-refractivity contribution in [2.75, 3.05) is 6.54 Å². The fraction of sp³-hybridized carbons (Fsp3) is 0.474. The van der Waals surface area contributed by atoms with E-state index in [4.69, 9.17) is 4.98 Å².